The number of fused-ring (bicyclic) bond motifs is 1. The fraction of sp³-hybridized carbons (Fsp3) is 0.222. The molecule has 2 N–H and O–H groups in total. The van der Waals surface area contributed by atoms with Gasteiger partial charge in [-0.15, -0.1) is 0 Å². The summed E-state index contributed by atoms with van der Waals surface area (Å²) in [5.74, 6) is -0.482. The van der Waals surface area contributed by atoms with E-state index in [0.717, 1.165) is 39.0 Å². The maximum Gasteiger partial charge on any atom is 0.335 e. The van der Waals surface area contributed by atoms with Gasteiger partial charge in [0.05, 0.1) is 19.3 Å². The average molecular weight is 432 g/mol. The van der Waals surface area contributed by atoms with Gasteiger partial charge in [0, 0.05) is 0 Å². The number of aliphatic hydroxyl groups excluding tert-OH is 1. The number of methoxy groups -OCH3 is 1. The molecule has 4 rings (SSSR count). The molecule has 0 heterocycles. The van der Waals surface area contributed by atoms with Gasteiger partial charge >= 0.3 is 5.97 Å². The summed E-state index contributed by atoms with van der Waals surface area (Å²) < 4.78 is 19.7. The molecule has 0 fully saturated rings. The number of carboxylic acid groups (broad SMARTS) is 1. The Morgan fingerprint density at radius 3 is 2.44 bits per heavy atom. The number of aliphatic hydroxyl groups is 1. The number of rotatable bonds is 8. The summed E-state index contributed by atoms with van der Waals surface area (Å²) in [7, 11) is 1.61. The Kier molecular flexibility index (Phi) is 6.37. The van der Waals surface area contributed by atoms with Crippen molar-refractivity contribution in [3.05, 3.63) is 105 Å². The van der Waals surface area contributed by atoms with Crippen molar-refractivity contribution in [2.24, 2.45) is 0 Å². The lowest BCUT2D eigenvalue weighted by molar-refractivity contribution is 0.0697. The zero-order valence-electron chi connectivity index (χ0n) is 17.9. The Morgan fingerprint density at radius 1 is 1.00 bits per heavy atom. The summed E-state index contributed by atoms with van der Waals surface area (Å²) >= 11 is 0. The minimum absolute atomic E-state index is 0.0586. The molecule has 3 aromatic rings. The minimum atomic E-state index is -0.948. The van der Waals surface area contributed by atoms with Gasteiger partial charge in [0.25, 0.3) is 0 Å². The zero-order chi connectivity index (χ0) is 22.7. The lowest BCUT2D eigenvalue weighted by Gasteiger charge is -2.15. The zero-order valence-corrected chi connectivity index (χ0v) is 17.9. The molecule has 0 radical (unpaired) electrons. The molecule has 1 aliphatic carbocycles. The topological polar surface area (TPSA) is 66.8 Å². The van der Waals surface area contributed by atoms with E-state index < -0.39 is 5.97 Å². The fourth-order valence-corrected chi connectivity index (χ4v) is 4.34. The van der Waals surface area contributed by atoms with E-state index in [-0.39, 0.29) is 18.0 Å². The van der Waals surface area contributed by atoms with Gasteiger partial charge in [-0.05, 0) is 101 Å². The smallest absolute Gasteiger partial charge is 0.335 e. The number of ether oxygens (including phenoxy) is 1. The second kappa shape index (κ2) is 9.37. The first-order valence-corrected chi connectivity index (χ1v) is 10.6. The molecule has 0 saturated heterocycles. The summed E-state index contributed by atoms with van der Waals surface area (Å²) in [6, 6.07) is 15.8. The van der Waals surface area contributed by atoms with E-state index in [1.807, 2.05) is 30.3 Å². The van der Waals surface area contributed by atoms with Gasteiger partial charge in [-0.3, -0.25) is 0 Å². The highest BCUT2D eigenvalue weighted by Crippen LogP contribution is 2.35. The van der Waals surface area contributed by atoms with Crippen LogP contribution in [0.15, 0.2) is 60.7 Å². The third kappa shape index (κ3) is 4.73. The van der Waals surface area contributed by atoms with Crippen molar-refractivity contribution in [1.29, 1.82) is 0 Å². The summed E-state index contributed by atoms with van der Waals surface area (Å²) in [4.78, 5) is 11.1. The molecule has 3 aromatic carbocycles. The van der Waals surface area contributed by atoms with Gasteiger partial charge in [0.2, 0.25) is 0 Å². The lowest BCUT2D eigenvalue weighted by Crippen LogP contribution is -2.02. The molecule has 0 amide bonds. The molecule has 5 heteroatoms. The number of carbonyl (C=O) groups is 1. The van der Waals surface area contributed by atoms with Crippen LogP contribution in [0.5, 0.6) is 5.75 Å². The Morgan fingerprint density at radius 2 is 1.75 bits per heavy atom. The minimum Gasteiger partial charge on any atom is -0.497 e. The second-order valence-corrected chi connectivity index (χ2v) is 8.06. The van der Waals surface area contributed by atoms with Crippen LogP contribution >= 0.6 is 0 Å². The maximum absolute atomic E-state index is 14.3. The van der Waals surface area contributed by atoms with Gasteiger partial charge < -0.3 is 14.9 Å². The molecule has 0 unspecified atom stereocenters. The van der Waals surface area contributed by atoms with E-state index in [4.69, 9.17) is 9.84 Å². The van der Waals surface area contributed by atoms with Crippen molar-refractivity contribution < 1.29 is 24.1 Å². The highest BCUT2D eigenvalue weighted by Gasteiger charge is 2.20. The molecular formula is C27H25FO4. The molecule has 164 valence electrons. The first-order chi connectivity index (χ1) is 15.5. The summed E-state index contributed by atoms with van der Waals surface area (Å²) in [6.45, 7) is -0.0586. The molecule has 32 heavy (non-hydrogen) atoms. The summed E-state index contributed by atoms with van der Waals surface area (Å²) in [6.07, 6.45) is 4.86. The van der Waals surface area contributed by atoms with E-state index in [9.17, 15) is 14.3 Å². The number of carboxylic acids is 1. The Bertz CT molecular complexity index is 1160. The predicted octanol–water partition coefficient (Wildman–Crippen LogP) is 4.99. The third-order valence-corrected chi connectivity index (χ3v) is 5.88. The van der Waals surface area contributed by atoms with Gasteiger partial charge in [-0.2, -0.15) is 0 Å². The fourth-order valence-electron chi connectivity index (χ4n) is 4.34. The Labute approximate surface area is 186 Å². The predicted molar refractivity (Wildman–Crippen MR) is 122 cm³/mol. The lowest BCUT2D eigenvalue weighted by atomic mass is 9.91. The van der Waals surface area contributed by atoms with Crippen molar-refractivity contribution in [2.45, 2.75) is 32.3 Å². The van der Waals surface area contributed by atoms with Crippen LogP contribution in [0, 0.1) is 5.82 Å². The SMILES string of the molecule is COc1cc(CO)cc(CC2=CCc3cc(F)cc(CCc4ccc(C(=O)O)cc4)c32)c1. The van der Waals surface area contributed by atoms with Crippen LogP contribution in [0.3, 0.4) is 0 Å². The number of benzene rings is 3. The first-order valence-electron chi connectivity index (χ1n) is 10.6. The van der Waals surface area contributed by atoms with Crippen molar-refractivity contribution in [3.8, 4) is 5.75 Å². The standard InChI is InChI=1S/C27H25FO4/c1-32-25-12-18(10-19(13-25)16-29)11-21-8-9-23-15-24(28)14-22(26(21)23)7-4-17-2-5-20(6-3-17)27(30)31/h2-3,5-6,8,10,12-15,29H,4,7,9,11,16H2,1H3,(H,30,31). The molecule has 0 saturated carbocycles. The van der Waals surface area contributed by atoms with Crippen LogP contribution in [0.2, 0.25) is 0 Å². The van der Waals surface area contributed by atoms with E-state index in [2.05, 4.69) is 6.08 Å². The van der Waals surface area contributed by atoms with Crippen LogP contribution < -0.4 is 4.74 Å². The van der Waals surface area contributed by atoms with Crippen LogP contribution in [0.1, 0.15) is 43.7 Å². The van der Waals surface area contributed by atoms with E-state index >= 15 is 0 Å². The van der Waals surface area contributed by atoms with Crippen molar-refractivity contribution in [2.75, 3.05) is 7.11 Å². The van der Waals surface area contributed by atoms with Gasteiger partial charge in [0.1, 0.15) is 11.6 Å². The molecule has 0 aromatic heterocycles. The van der Waals surface area contributed by atoms with Crippen LogP contribution in [0.4, 0.5) is 4.39 Å². The van der Waals surface area contributed by atoms with Crippen molar-refractivity contribution in [1.82, 2.24) is 0 Å². The molecule has 0 spiro atoms. The number of halogens is 1. The summed E-state index contributed by atoms with van der Waals surface area (Å²) in [5, 5.41) is 18.6. The highest BCUT2D eigenvalue weighted by atomic mass is 19.1. The monoisotopic (exact) mass is 432 g/mol. The molecule has 1 aliphatic rings. The van der Waals surface area contributed by atoms with Crippen LogP contribution in [-0.4, -0.2) is 23.3 Å². The van der Waals surface area contributed by atoms with Crippen LogP contribution in [0.25, 0.3) is 5.57 Å². The Hall–Kier alpha value is -3.44. The van der Waals surface area contributed by atoms with Crippen LogP contribution in [-0.2, 0) is 32.3 Å². The number of aryl methyl sites for hydroxylation is 2. The number of hydrogen-bond acceptors (Lipinski definition) is 3. The largest absolute Gasteiger partial charge is 0.497 e. The molecule has 4 nitrogen and oxygen atoms in total. The van der Waals surface area contributed by atoms with Gasteiger partial charge in [-0.1, -0.05) is 24.3 Å². The normalized spacial score (nSPS) is 12.4. The quantitative estimate of drug-likeness (QED) is 0.526. The number of aromatic carboxylic acids is 1. The van der Waals surface area contributed by atoms with Gasteiger partial charge in [-0.25, -0.2) is 9.18 Å². The summed E-state index contributed by atoms with van der Waals surface area (Å²) in [5.41, 5.74) is 7.28. The molecular weight excluding hydrogens is 407 g/mol. The van der Waals surface area contributed by atoms with E-state index in [1.54, 1.807) is 31.4 Å². The number of hydrogen-bond donors (Lipinski definition) is 2. The average Bonchev–Trinajstić information content (AvgIpc) is 3.19. The first kappa shape index (κ1) is 21.8. The Balaban J connectivity index is 1.58. The van der Waals surface area contributed by atoms with Crippen molar-refractivity contribution in [3.63, 3.8) is 0 Å². The molecule has 0 atom stereocenters. The maximum atomic E-state index is 14.3. The van der Waals surface area contributed by atoms with E-state index in [1.165, 1.54) is 0 Å². The third-order valence-electron chi connectivity index (χ3n) is 5.88. The molecule has 0 aliphatic heterocycles. The van der Waals surface area contributed by atoms with E-state index in [0.29, 0.717) is 31.4 Å². The van der Waals surface area contributed by atoms with Crippen molar-refractivity contribution >= 4 is 11.5 Å². The highest BCUT2D eigenvalue weighted by molar-refractivity contribution is 5.87. The number of allylic oxidation sites excluding steroid dienone is 2. The molecule has 0 bridgehead atoms. The second-order valence-electron chi connectivity index (χ2n) is 8.06. The van der Waals surface area contributed by atoms with Gasteiger partial charge in [0.15, 0.2) is 0 Å².